The van der Waals surface area contributed by atoms with E-state index in [1.807, 2.05) is 6.92 Å². The van der Waals surface area contributed by atoms with Gasteiger partial charge in [0.15, 0.2) is 0 Å². The van der Waals surface area contributed by atoms with Crippen LogP contribution in [-0.2, 0) is 4.79 Å². The lowest BCUT2D eigenvalue weighted by molar-refractivity contribution is -0.134. The molecule has 1 amide bonds. The molecule has 0 bridgehead atoms. The van der Waals surface area contributed by atoms with Crippen LogP contribution in [0.1, 0.15) is 45.4 Å². The van der Waals surface area contributed by atoms with Crippen molar-refractivity contribution < 1.29 is 4.79 Å². The molecule has 2 rings (SSSR count). The van der Waals surface area contributed by atoms with Crippen LogP contribution in [0.3, 0.4) is 0 Å². The van der Waals surface area contributed by atoms with Gasteiger partial charge in [0.1, 0.15) is 0 Å². The number of carbonyl (C=O) groups excluding carboxylic acids is 1. The monoisotopic (exact) mass is 223 g/mol. The summed E-state index contributed by atoms with van der Waals surface area (Å²) in [5, 5.41) is 6.13. The molecule has 0 aromatic carbocycles. The van der Waals surface area contributed by atoms with Crippen LogP contribution in [0.4, 0.5) is 0 Å². The van der Waals surface area contributed by atoms with Gasteiger partial charge in [0.05, 0.1) is 12.0 Å². The van der Waals surface area contributed by atoms with Crippen LogP contribution < -0.4 is 5.73 Å². The normalized spacial score (nSPS) is 28.1. The lowest BCUT2D eigenvalue weighted by Crippen LogP contribution is -2.38. The minimum atomic E-state index is -0.164. The first-order chi connectivity index (χ1) is 7.74. The van der Waals surface area contributed by atoms with Gasteiger partial charge >= 0.3 is 0 Å². The Morgan fingerprint density at radius 1 is 1.31 bits per heavy atom. The summed E-state index contributed by atoms with van der Waals surface area (Å²) >= 11 is 0. The Morgan fingerprint density at radius 3 is 2.44 bits per heavy atom. The topological polar surface area (TPSA) is 58.7 Å². The van der Waals surface area contributed by atoms with Gasteiger partial charge in [-0.1, -0.05) is 25.7 Å². The number of nitrogens with zero attached hydrogens (tertiary/aromatic N) is 2. The maximum atomic E-state index is 12.1. The fourth-order valence-corrected chi connectivity index (χ4v) is 2.66. The Bertz CT molecular complexity index is 293. The van der Waals surface area contributed by atoms with Crippen LogP contribution in [0, 0.1) is 5.92 Å². The smallest absolute Gasteiger partial charge is 0.253 e. The third-order valence-corrected chi connectivity index (χ3v) is 3.70. The minimum absolute atomic E-state index is 0.118. The van der Waals surface area contributed by atoms with Gasteiger partial charge in [-0.2, -0.15) is 5.10 Å². The number of nitrogens with two attached hydrogens (primary N) is 1. The van der Waals surface area contributed by atoms with Crippen molar-refractivity contribution >= 4 is 11.6 Å². The standard InChI is InChI=1S/C12H21N3O/c1-9-11(8-13)12(16)15(14-9)10-6-4-2-3-5-7-10/h10-11H,2-8,13H2,1H3. The third-order valence-electron chi connectivity index (χ3n) is 3.70. The van der Waals surface area contributed by atoms with E-state index in [1.54, 1.807) is 5.01 Å². The first-order valence-corrected chi connectivity index (χ1v) is 6.32. The molecule has 4 nitrogen and oxygen atoms in total. The van der Waals surface area contributed by atoms with Gasteiger partial charge in [-0.25, -0.2) is 5.01 Å². The van der Waals surface area contributed by atoms with Crippen LogP contribution >= 0.6 is 0 Å². The van der Waals surface area contributed by atoms with Gasteiger partial charge in [-0.15, -0.1) is 0 Å². The maximum Gasteiger partial charge on any atom is 0.253 e. The van der Waals surface area contributed by atoms with Crippen LogP contribution in [-0.4, -0.2) is 29.2 Å². The van der Waals surface area contributed by atoms with E-state index >= 15 is 0 Å². The summed E-state index contributed by atoms with van der Waals surface area (Å²) in [5.41, 5.74) is 6.49. The molecule has 0 saturated heterocycles. The molecule has 1 aliphatic heterocycles. The van der Waals surface area contributed by atoms with Crippen molar-refractivity contribution in [2.24, 2.45) is 16.8 Å². The Hall–Kier alpha value is -0.900. The van der Waals surface area contributed by atoms with Gasteiger partial charge in [0, 0.05) is 12.3 Å². The van der Waals surface area contributed by atoms with Gasteiger partial charge in [-0.3, -0.25) is 4.79 Å². The average Bonchev–Trinajstić information content (AvgIpc) is 2.49. The summed E-state index contributed by atoms with van der Waals surface area (Å²) < 4.78 is 0. The molecular formula is C12H21N3O. The van der Waals surface area contributed by atoms with E-state index in [1.165, 1.54) is 25.7 Å². The first-order valence-electron chi connectivity index (χ1n) is 6.32. The van der Waals surface area contributed by atoms with Gasteiger partial charge < -0.3 is 5.73 Å². The largest absolute Gasteiger partial charge is 0.329 e. The van der Waals surface area contributed by atoms with Crippen molar-refractivity contribution in [2.45, 2.75) is 51.5 Å². The quantitative estimate of drug-likeness (QED) is 0.721. The van der Waals surface area contributed by atoms with E-state index in [9.17, 15) is 4.79 Å². The van der Waals surface area contributed by atoms with Gasteiger partial charge in [0.2, 0.25) is 0 Å². The molecule has 1 saturated carbocycles. The highest BCUT2D eigenvalue weighted by Gasteiger charge is 2.36. The van der Waals surface area contributed by atoms with E-state index in [4.69, 9.17) is 5.73 Å². The summed E-state index contributed by atoms with van der Waals surface area (Å²) in [7, 11) is 0. The van der Waals surface area contributed by atoms with Crippen molar-refractivity contribution in [3.8, 4) is 0 Å². The Balaban J connectivity index is 2.07. The molecular weight excluding hydrogens is 202 g/mol. The van der Waals surface area contributed by atoms with E-state index in [2.05, 4.69) is 5.10 Å². The number of hydrogen-bond acceptors (Lipinski definition) is 3. The van der Waals surface area contributed by atoms with Crippen LogP contribution in [0.15, 0.2) is 5.10 Å². The second-order valence-electron chi connectivity index (χ2n) is 4.86. The predicted molar refractivity (Wildman–Crippen MR) is 64.0 cm³/mol. The highest BCUT2D eigenvalue weighted by Crippen LogP contribution is 2.26. The molecule has 2 aliphatic rings. The number of carbonyl (C=O) groups is 1. The SMILES string of the molecule is CC1=NN(C2CCCCCC2)C(=O)C1CN. The first kappa shape index (κ1) is 11.6. The van der Waals surface area contributed by atoms with E-state index in [-0.39, 0.29) is 11.8 Å². The lowest BCUT2D eigenvalue weighted by atomic mass is 10.0. The van der Waals surface area contributed by atoms with E-state index < -0.39 is 0 Å². The Morgan fingerprint density at radius 2 is 1.94 bits per heavy atom. The molecule has 4 heteroatoms. The molecule has 0 spiro atoms. The lowest BCUT2D eigenvalue weighted by Gasteiger charge is -2.23. The number of amides is 1. The number of hydrazone groups is 1. The molecule has 1 fully saturated rings. The summed E-state index contributed by atoms with van der Waals surface area (Å²) in [6, 6.07) is 0.321. The zero-order valence-corrected chi connectivity index (χ0v) is 9.98. The predicted octanol–water partition coefficient (Wildman–Crippen LogP) is 1.50. The molecule has 0 radical (unpaired) electrons. The van der Waals surface area contributed by atoms with Crippen molar-refractivity contribution in [2.75, 3.05) is 6.54 Å². The molecule has 1 atom stereocenters. The summed E-state index contributed by atoms with van der Waals surface area (Å²) in [6.07, 6.45) is 7.22. The van der Waals surface area contributed by atoms with Crippen molar-refractivity contribution in [3.63, 3.8) is 0 Å². The molecule has 0 aromatic heterocycles. The van der Waals surface area contributed by atoms with Crippen molar-refractivity contribution in [3.05, 3.63) is 0 Å². The molecule has 1 aliphatic carbocycles. The minimum Gasteiger partial charge on any atom is -0.329 e. The van der Waals surface area contributed by atoms with Crippen LogP contribution in [0.5, 0.6) is 0 Å². The molecule has 90 valence electrons. The zero-order valence-electron chi connectivity index (χ0n) is 9.98. The maximum absolute atomic E-state index is 12.1. The highest BCUT2D eigenvalue weighted by atomic mass is 16.2. The Labute approximate surface area is 96.9 Å². The Kier molecular flexibility index (Phi) is 3.59. The van der Waals surface area contributed by atoms with Crippen LogP contribution in [0.2, 0.25) is 0 Å². The van der Waals surface area contributed by atoms with Crippen molar-refractivity contribution in [1.82, 2.24) is 5.01 Å². The summed E-state index contributed by atoms with van der Waals surface area (Å²) in [4.78, 5) is 12.1. The van der Waals surface area contributed by atoms with E-state index in [0.717, 1.165) is 18.6 Å². The fraction of sp³-hybridized carbons (Fsp3) is 0.833. The van der Waals surface area contributed by atoms with Gasteiger partial charge in [0.25, 0.3) is 5.91 Å². The van der Waals surface area contributed by atoms with Gasteiger partial charge in [-0.05, 0) is 19.8 Å². The molecule has 16 heavy (non-hydrogen) atoms. The van der Waals surface area contributed by atoms with Crippen molar-refractivity contribution in [1.29, 1.82) is 0 Å². The number of hydrogen-bond donors (Lipinski definition) is 1. The van der Waals surface area contributed by atoms with E-state index in [0.29, 0.717) is 12.6 Å². The zero-order chi connectivity index (χ0) is 11.5. The second kappa shape index (κ2) is 4.95. The summed E-state index contributed by atoms with van der Waals surface area (Å²) in [5.74, 6) is -0.0462. The molecule has 2 N–H and O–H groups in total. The fourth-order valence-electron chi connectivity index (χ4n) is 2.66. The third kappa shape index (κ3) is 2.12. The second-order valence-corrected chi connectivity index (χ2v) is 4.86. The molecule has 1 unspecified atom stereocenters. The molecule has 1 heterocycles. The highest BCUT2D eigenvalue weighted by molar-refractivity contribution is 6.07. The summed E-state index contributed by atoms with van der Waals surface area (Å²) in [6.45, 7) is 2.30. The molecule has 0 aromatic rings. The van der Waals surface area contributed by atoms with Crippen LogP contribution in [0.25, 0.3) is 0 Å². The average molecular weight is 223 g/mol. The number of rotatable bonds is 2.